The van der Waals surface area contributed by atoms with E-state index < -0.39 is 40.0 Å². The number of benzene rings is 2. The number of aryl methyl sites for hydroxylation is 1. The number of imide groups is 1. The molecule has 36 heavy (non-hydrogen) atoms. The number of nitrogens with zero attached hydrogens (tertiary/aromatic N) is 2. The molecule has 2 fully saturated rings. The maximum atomic E-state index is 13.4. The van der Waals surface area contributed by atoms with Crippen LogP contribution in [0.3, 0.4) is 0 Å². The average Bonchev–Trinajstić information content (AvgIpc) is 3.10. The molecule has 2 heterocycles. The standard InChI is InChI=1S/C25H27ClN4O5S/c26-20-11-10-18(36(34,35)29-13-4-1-5-14-29)15-21(20)27-22(31)16-30-23(32)25(28-24(30)33)12-6-8-17-7-2-3-9-19(17)25/h2-3,7,9-11,15H,1,4-6,8,12-14,16H2,(H,27,31)(H,28,33)/t25-/m0/s1. The number of hydrogen-bond acceptors (Lipinski definition) is 5. The smallest absolute Gasteiger partial charge is 0.323 e. The van der Waals surface area contributed by atoms with Crippen LogP contribution in [0.25, 0.3) is 0 Å². The fourth-order valence-corrected chi connectivity index (χ4v) is 7.01. The highest BCUT2D eigenvalue weighted by Gasteiger charge is 2.54. The number of carbonyl (C=O) groups excluding carboxylic acids is 3. The van der Waals surface area contributed by atoms with Crippen LogP contribution in [0.15, 0.2) is 47.4 Å². The molecule has 9 nitrogen and oxygen atoms in total. The number of urea groups is 1. The molecule has 0 aromatic heterocycles. The molecule has 2 aromatic rings. The van der Waals surface area contributed by atoms with E-state index in [1.807, 2.05) is 24.3 Å². The molecule has 3 aliphatic rings. The first-order valence-corrected chi connectivity index (χ1v) is 13.9. The predicted molar refractivity (Wildman–Crippen MR) is 134 cm³/mol. The van der Waals surface area contributed by atoms with E-state index in [0.29, 0.717) is 19.5 Å². The first kappa shape index (κ1) is 24.7. The third-order valence-electron chi connectivity index (χ3n) is 7.12. The van der Waals surface area contributed by atoms with Gasteiger partial charge in [0.2, 0.25) is 15.9 Å². The molecule has 2 aromatic carbocycles. The first-order valence-electron chi connectivity index (χ1n) is 12.0. The highest BCUT2D eigenvalue weighted by molar-refractivity contribution is 7.89. The summed E-state index contributed by atoms with van der Waals surface area (Å²) in [6, 6.07) is 11.0. The van der Waals surface area contributed by atoms with Crippen LogP contribution < -0.4 is 10.6 Å². The van der Waals surface area contributed by atoms with Gasteiger partial charge in [-0.15, -0.1) is 0 Å². The summed E-state index contributed by atoms with van der Waals surface area (Å²) in [5, 5.41) is 5.54. The Morgan fingerprint density at radius 3 is 2.58 bits per heavy atom. The van der Waals surface area contributed by atoms with E-state index in [4.69, 9.17) is 11.6 Å². The molecule has 2 N–H and O–H groups in total. The number of hydrogen-bond donors (Lipinski definition) is 2. The highest BCUT2D eigenvalue weighted by atomic mass is 35.5. The van der Waals surface area contributed by atoms with Crippen molar-refractivity contribution in [1.29, 1.82) is 0 Å². The van der Waals surface area contributed by atoms with Crippen LogP contribution in [0.4, 0.5) is 10.5 Å². The second kappa shape index (κ2) is 9.49. The summed E-state index contributed by atoms with van der Waals surface area (Å²) in [5.41, 5.74) is 0.689. The van der Waals surface area contributed by atoms with Crippen molar-refractivity contribution in [3.8, 4) is 0 Å². The molecular weight excluding hydrogens is 504 g/mol. The summed E-state index contributed by atoms with van der Waals surface area (Å²) in [6.07, 6.45) is 4.59. The Kier molecular flexibility index (Phi) is 6.52. The van der Waals surface area contributed by atoms with Gasteiger partial charge in [0.05, 0.1) is 15.6 Å². The summed E-state index contributed by atoms with van der Waals surface area (Å²) in [5.74, 6) is -1.13. The summed E-state index contributed by atoms with van der Waals surface area (Å²) in [7, 11) is -3.73. The minimum absolute atomic E-state index is 0.0249. The zero-order valence-corrected chi connectivity index (χ0v) is 21.2. The van der Waals surface area contributed by atoms with Gasteiger partial charge >= 0.3 is 6.03 Å². The SMILES string of the molecule is O=C(CN1C(=O)N[C@]2(CCCc3ccccc32)C1=O)Nc1cc(S(=O)(=O)N2CCCCC2)ccc1Cl. The molecule has 4 amide bonds. The van der Waals surface area contributed by atoms with E-state index in [1.165, 1.54) is 22.5 Å². The van der Waals surface area contributed by atoms with E-state index in [-0.39, 0.29) is 15.6 Å². The largest absolute Gasteiger partial charge is 0.325 e. The lowest BCUT2D eigenvalue weighted by atomic mass is 9.76. The maximum absolute atomic E-state index is 13.4. The number of amides is 4. The monoisotopic (exact) mass is 530 g/mol. The Morgan fingerprint density at radius 2 is 1.81 bits per heavy atom. The van der Waals surface area contributed by atoms with E-state index in [0.717, 1.165) is 48.1 Å². The molecular formula is C25H27ClN4O5S. The minimum Gasteiger partial charge on any atom is -0.323 e. The number of anilines is 1. The van der Waals surface area contributed by atoms with Crippen molar-refractivity contribution in [2.75, 3.05) is 25.0 Å². The molecule has 2 saturated heterocycles. The molecule has 1 spiro atoms. The van der Waals surface area contributed by atoms with Gasteiger partial charge in [0.25, 0.3) is 5.91 Å². The van der Waals surface area contributed by atoms with E-state index in [9.17, 15) is 22.8 Å². The zero-order valence-electron chi connectivity index (χ0n) is 19.6. The third-order valence-corrected chi connectivity index (χ3v) is 9.34. The fourth-order valence-electron chi connectivity index (χ4n) is 5.30. The van der Waals surface area contributed by atoms with Gasteiger partial charge in [0, 0.05) is 13.1 Å². The van der Waals surface area contributed by atoms with Gasteiger partial charge in [-0.1, -0.05) is 42.3 Å². The quantitative estimate of drug-likeness (QED) is 0.576. The summed E-state index contributed by atoms with van der Waals surface area (Å²) < 4.78 is 27.5. The molecule has 2 aliphatic heterocycles. The van der Waals surface area contributed by atoms with Crippen molar-refractivity contribution in [1.82, 2.24) is 14.5 Å². The van der Waals surface area contributed by atoms with Crippen molar-refractivity contribution in [3.63, 3.8) is 0 Å². The van der Waals surface area contributed by atoms with Gasteiger partial charge in [-0.2, -0.15) is 4.31 Å². The number of halogens is 1. The van der Waals surface area contributed by atoms with Crippen LogP contribution in [0.2, 0.25) is 5.02 Å². The van der Waals surface area contributed by atoms with Crippen LogP contribution in [0.5, 0.6) is 0 Å². The molecule has 0 radical (unpaired) electrons. The lowest BCUT2D eigenvalue weighted by molar-refractivity contribution is -0.134. The van der Waals surface area contributed by atoms with Gasteiger partial charge < -0.3 is 10.6 Å². The second-order valence-electron chi connectivity index (χ2n) is 9.39. The minimum atomic E-state index is -3.73. The number of carbonyl (C=O) groups is 3. The van der Waals surface area contributed by atoms with Gasteiger partial charge in [-0.05, 0) is 61.4 Å². The van der Waals surface area contributed by atoms with Gasteiger partial charge in [-0.25, -0.2) is 13.2 Å². The molecule has 1 atom stereocenters. The molecule has 0 saturated carbocycles. The number of fused-ring (bicyclic) bond motifs is 2. The number of sulfonamides is 1. The van der Waals surface area contributed by atoms with Crippen molar-refractivity contribution in [2.24, 2.45) is 0 Å². The Balaban J connectivity index is 1.33. The Morgan fingerprint density at radius 1 is 1.06 bits per heavy atom. The predicted octanol–water partition coefficient (Wildman–Crippen LogP) is 3.24. The average molecular weight is 531 g/mol. The van der Waals surface area contributed by atoms with Gasteiger partial charge in [-0.3, -0.25) is 14.5 Å². The summed E-state index contributed by atoms with van der Waals surface area (Å²) in [4.78, 5) is 40.0. The fraction of sp³-hybridized carbons (Fsp3) is 0.400. The molecule has 0 bridgehead atoms. The third kappa shape index (κ3) is 4.27. The Hall–Kier alpha value is -2.95. The van der Waals surface area contributed by atoms with E-state index in [2.05, 4.69) is 10.6 Å². The zero-order chi connectivity index (χ0) is 25.5. The second-order valence-corrected chi connectivity index (χ2v) is 11.7. The molecule has 1 aliphatic carbocycles. The first-order chi connectivity index (χ1) is 17.2. The Bertz CT molecular complexity index is 1340. The highest BCUT2D eigenvalue weighted by Crippen LogP contribution is 2.40. The van der Waals surface area contributed by atoms with Crippen molar-refractivity contribution in [3.05, 3.63) is 58.6 Å². The van der Waals surface area contributed by atoms with Crippen molar-refractivity contribution >= 4 is 45.2 Å². The normalized spacial score (nSPS) is 22.4. The van der Waals surface area contributed by atoms with Crippen molar-refractivity contribution in [2.45, 2.75) is 49.0 Å². The van der Waals surface area contributed by atoms with Crippen LogP contribution in [-0.4, -0.2) is 55.1 Å². The van der Waals surface area contributed by atoms with Crippen molar-refractivity contribution < 1.29 is 22.8 Å². The Labute approximate surface area is 214 Å². The lowest BCUT2D eigenvalue weighted by Gasteiger charge is -2.33. The number of rotatable bonds is 5. The van der Waals surface area contributed by atoms with Crippen LogP contribution in [0, 0.1) is 0 Å². The maximum Gasteiger partial charge on any atom is 0.325 e. The van der Waals surface area contributed by atoms with Crippen LogP contribution in [0.1, 0.15) is 43.2 Å². The van der Waals surface area contributed by atoms with Crippen LogP contribution >= 0.6 is 11.6 Å². The van der Waals surface area contributed by atoms with E-state index in [1.54, 1.807) is 0 Å². The number of piperidine rings is 1. The summed E-state index contributed by atoms with van der Waals surface area (Å²) >= 11 is 6.24. The number of nitrogens with one attached hydrogen (secondary N) is 2. The topological polar surface area (TPSA) is 116 Å². The molecule has 11 heteroatoms. The van der Waals surface area contributed by atoms with Gasteiger partial charge in [0.1, 0.15) is 12.1 Å². The van der Waals surface area contributed by atoms with E-state index >= 15 is 0 Å². The van der Waals surface area contributed by atoms with Crippen LogP contribution in [-0.2, 0) is 31.6 Å². The lowest BCUT2D eigenvalue weighted by Crippen LogP contribution is -2.47. The summed E-state index contributed by atoms with van der Waals surface area (Å²) in [6.45, 7) is 0.376. The van der Waals surface area contributed by atoms with Gasteiger partial charge in [0.15, 0.2) is 0 Å². The molecule has 0 unspecified atom stereocenters. The molecule has 5 rings (SSSR count). The molecule has 190 valence electrons.